The van der Waals surface area contributed by atoms with Gasteiger partial charge >= 0.3 is 0 Å². The summed E-state index contributed by atoms with van der Waals surface area (Å²) in [5.41, 5.74) is 1.66. The summed E-state index contributed by atoms with van der Waals surface area (Å²) in [5.74, 6) is 0.0419. The number of hydrogen-bond acceptors (Lipinski definition) is 4. The summed E-state index contributed by atoms with van der Waals surface area (Å²) in [6, 6.07) is 7.50. The molecule has 6 nitrogen and oxygen atoms in total. The van der Waals surface area contributed by atoms with Gasteiger partial charge < -0.3 is 20.3 Å². The Bertz CT molecular complexity index is 535. The van der Waals surface area contributed by atoms with Crippen molar-refractivity contribution in [2.75, 3.05) is 32.8 Å². The van der Waals surface area contributed by atoms with Crippen LogP contribution in [0.2, 0.25) is 0 Å². The molecule has 0 radical (unpaired) electrons. The molecule has 1 aromatic rings. The molecular formula is C18H27N3O3. The fourth-order valence-electron chi connectivity index (χ4n) is 2.71. The van der Waals surface area contributed by atoms with Crippen LogP contribution < -0.4 is 10.6 Å². The summed E-state index contributed by atoms with van der Waals surface area (Å²) >= 11 is 0. The molecule has 0 aromatic heterocycles. The van der Waals surface area contributed by atoms with Gasteiger partial charge in [-0.25, -0.2) is 0 Å². The topological polar surface area (TPSA) is 70.7 Å². The number of carbonyl (C=O) groups excluding carboxylic acids is 2. The lowest BCUT2D eigenvalue weighted by molar-refractivity contribution is -0.122. The van der Waals surface area contributed by atoms with Crippen molar-refractivity contribution >= 4 is 11.8 Å². The summed E-state index contributed by atoms with van der Waals surface area (Å²) in [6.07, 6.45) is 0.415. The number of amides is 2. The Hall–Kier alpha value is -1.92. The molecule has 6 heteroatoms. The average molecular weight is 333 g/mol. The van der Waals surface area contributed by atoms with Gasteiger partial charge in [-0.2, -0.15) is 0 Å². The fourth-order valence-corrected chi connectivity index (χ4v) is 2.71. The minimum Gasteiger partial charge on any atom is -0.378 e. The maximum absolute atomic E-state index is 12.2. The van der Waals surface area contributed by atoms with E-state index in [0.717, 1.165) is 12.1 Å². The molecule has 2 N–H and O–H groups in total. The van der Waals surface area contributed by atoms with Crippen molar-refractivity contribution in [1.82, 2.24) is 15.5 Å². The predicted molar refractivity (Wildman–Crippen MR) is 92.8 cm³/mol. The standard InChI is InChI=1S/C18H27N3O3/c1-3-21(4-2)18(23)15-7-5-14(6-8-15)12-20-17(22)11-16-13-24-10-9-19-16/h5-8,16,19H,3-4,9-13H2,1-2H3,(H,20,22). The first-order chi connectivity index (χ1) is 11.6. The van der Waals surface area contributed by atoms with Gasteiger partial charge in [0, 0.05) is 44.2 Å². The maximum Gasteiger partial charge on any atom is 0.253 e. The lowest BCUT2D eigenvalue weighted by Gasteiger charge is -2.23. The monoisotopic (exact) mass is 333 g/mol. The van der Waals surface area contributed by atoms with Gasteiger partial charge in [0.05, 0.1) is 13.2 Å². The van der Waals surface area contributed by atoms with Crippen molar-refractivity contribution in [2.45, 2.75) is 32.9 Å². The highest BCUT2D eigenvalue weighted by molar-refractivity contribution is 5.94. The van der Waals surface area contributed by atoms with E-state index in [1.54, 1.807) is 4.90 Å². The lowest BCUT2D eigenvalue weighted by atomic mass is 10.1. The molecule has 0 spiro atoms. The molecule has 1 aliphatic heterocycles. The SMILES string of the molecule is CCN(CC)C(=O)c1ccc(CNC(=O)CC2COCCN2)cc1. The number of nitrogens with one attached hydrogen (secondary N) is 2. The highest BCUT2D eigenvalue weighted by Gasteiger charge is 2.16. The number of benzene rings is 1. The van der Waals surface area contributed by atoms with E-state index < -0.39 is 0 Å². The van der Waals surface area contributed by atoms with E-state index in [2.05, 4.69) is 10.6 Å². The van der Waals surface area contributed by atoms with Crippen LogP contribution in [0.3, 0.4) is 0 Å². The van der Waals surface area contributed by atoms with E-state index in [1.807, 2.05) is 38.1 Å². The van der Waals surface area contributed by atoms with Crippen molar-refractivity contribution in [1.29, 1.82) is 0 Å². The molecule has 1 atom stereocenters. The Labute approximate surface area is 143 Å². The van der Waals surface area contributed by atoms with Crippen LogP contribution in [-0.2, 0) is 16.1 Å². The molecule has 0 bridgehead atoms. The molecular weight excluding hydrogens is 306 g/mol. The van der Waals surface area contributed by atoms with Gasteiger partial charge in [0.25, 0.3) is 5.91 Å². The third-order valence-electron chi connectivity index (χ3n) is 4.17. The van der Waals surface area contributed by atoms with E-state index in [0.29, 0.717) is 44.8 Å². The minimum atomic E-state index is 0.00120. The van der Waals surface area contributed by atoms with E-state index in [-0.39, 0.29) is 17.9 Å². The molecule has 1 saturated heterocycles. The zero-order valence-electron chi connectivity index (χ0n) is 14.5. The van der Waals surface area contributed by atoms with Gasteiger partial charge in [-0.05, 0) is 31.5 Å². The molecule has 132 valence electrons. The minimum absolute atomic E-state index is 0.00120. The van der Waals surface area contributed by atoms with E-state index >= 15 is 0 Å². The van der Waals surface area contributed by atoms with Gasteiger partial charge in [-0.3, -0.25) is 9.59 Å². The molecule has 1 aliphatic rings. The second-order valence-corrected chi connectivity index (χ2v) is 5.88. The number of rotatable bonds is 7. The van der Waals surface area contributed by atoms with Gasteiger partial charge in [0.2, 0.25) is 5.91 Å². The van der Waals surface area contributed by atoms with Crippen molar-refractivity contribution in [2.24, 2.45) is 0 Å². The smallest absolute Gasteiger partial charge is 0.253 e. The summed E-state index contributed by atoms with van der Waals surface area (Å²) in [6.45, 7) is 7.88. The summed E-state index contributed by atoms with van der Waals surface area (Å²) in [4.78, 5) is 26.0. The third kappa shape index (κ3) is 5.32. The van der Waals surface area contributed by atoms with Crippen LogP contribution in [0.5, 0.6) is 0 Å². The fraction of sp³-hybridized carbons (Fsp3) is 0.556. The van der Waals surface area contributed by atoms with Crippen LogP contribution >= 0.6 is 0 Å². The van der Waals surface area contributed by atoms with E-state index in [9.17, 15) is 9.59 Å². The second kappa shape index (κ2) is 9.39. The van der Waals surface area contributed by atoms with Crippen molar-refractivity contribution in [3.05, 3.63) is 35.4 Å². The first-order valence-corrected chi connectivity index (χ1v) is 8.60. The van der Waals surface area contributed by atoms with Crippen LogP contribution in [0.1, 0.15) is 36.2 Å². The first kappa shape index (κ1) is 18.4. The van der Waals surface area contributed by atoms with Gasteiger partial charge in [-0.15, -0.1) is 0 Å². The lowest BCUT2D eigenvalue weighted by Crippen LogP contribution is -2.44. The zero-order chi connectivity index (χ0) is 17.4. The highest BCUT2D eigenvalue weighted by atomic mass is 16.5. The number of nitrogens with zero attached hydrogens (tertiary/aromatic N) is 1. The number of hydrogen-bond donors (Lipinski definition) is 2. The Balaban J connectivity index is 1.80. The molecule has 2 rings (SSSR count). The van der Waals surface area contributed by atoms with E-state index in [4.69, 9.17) is 4.74 Å². The van der Waals surface area contributed by atoms with E-state index in [1.165, 1.54) is 0 Å². The molecule has 0 saturated carbocycles. The van der Waals surface area contributed by atoms with Crippen LogP contribution in [0.15, 0.2) is 24.3 Å². The van der Waals surface area contributed by atoms with Crippen molar-refractivity contribution < 1.29 is 14.3 Å². The van der Waals surface area contributed by atoms with Crippen LogP contribution in [-0.4, -0.2) is 55.6 Å². The Morgan fingerprint density at radius 1 is 1.25 bits per heavy atom. The highest BCUT2D eigenvalue weighted by Crippen LogP contribution is 2.08. The normalized spacial score (nSPS) is 17.3. The van der Waals surface area contributed by atoms with Gasteiger partial charge in [0.15, 0.2) is 0 Å². The summed E-state index contributed by atoms with van der Waals surface area (Å²) in [7, 11) is 0. The number of ether oxygens (including phenoxy) is 1. The molecule has 1 heterocycles. The quantitative estimate of drug-likeness (QED) is 0.786. The van der Waals surface area contributed by atoms with Crippen LogP contribution in [0, 0.1) is 0 Å². The Morgan fingerprint density at radius 3 is 2.54 bits per heavy atom. The zero-order valence-corrected chi connectivity index (χ0v) is 14.5. The van der Waals surface area contributed by atoms with Crippen molar-refractivity contribution in [3.63, 3.8) is 0 Å². The summed E-state index contributed by atoms with van der Waals surface area (Å²) in [5, 5.41) is 6.17. The Morgan fingerprint density at radius 2 is 1.96 bits per heavy atom. The van der Waals surface area contributed by atoms with Gasteiger partial charge in [-0.1, -0.05) is 12.1 Å². The van der Waals surface area contributed by atoms with Crippen LogP contribution in [0.4, 0.5) is 0 Å². The molecule has 1 unspecified atom stereocenters. The third-order valence-corrected chi connectivity index (χ3v) is 4.17. The Kier molecular flexibility index (Phi) is 7.21. The summed E-state index contributed by atoms with van der Waals surface area (Å²) < 4.78 is 5.34. The molecule has 1 aromatic carbocycles. The second-order valence-electron chi connectivity index (χ2n) is 5.88. The molecule has 2 amide bonds. The van der Waals surface area contributed by atoms with Crippen molar-refractivity contribution in [3.8, 4) is 0 Å². The molecule has 24 heavy (non-hydrogen) atoms. The molecule has 0 aliphatic carbocycles. The van der Waals surface area contributed by atoms with Crippen LogP contribution in [0.25, 0.3) is 0 Å². The number of morpholine rings is 1. The largest absolute Gasteiger partial charge is 0.378 e. The first-order valence-electron chi connectivity index (χ1n) is 8.60. The number of carbonyl (C=O) groups is 2. The van der Waals surface area contributed by atoms with Gasteiger partial charge in [0.1, 0.15) is 0 Å². The predicted octanol–water partition coefficient (Wildman–Crippen LogP) is 1.16. The average Bonchev–Trinajstić information content (AvgIpc) is 2.62. The molecule has 1 fully saturated rings. The maximum atomic E-state index is 12.2.